The van der Waals surface area contributed by atoms with Crippen molar-refractivity contribution in [2.45, 2.75) is 53.4 Å². The van der Waals surface area contributed by atoms with E-state index in [0.717, 1.165) is 0 Å². The minimum atomic E-state index is -1.89. The van der Waals surface area contributed by atoms with Gasteiger partial charge in [0.25, 0.3) is 0 Å². The number of carbonyl (C=O) groups excluding carboxylic acids is 5. The van der Waals surface area contributed by atoms with Crippen LogP contribution >= 0.6 is 0 Å². The molecule has 7 nitrogen and oxygen atoms in total. The molecule has 0 spiro atoms. The van der Waals surface area contributed by atoms with Crippen LogP contribution in [0.2, 0.25) is 0 Å². The number of hydrogen-bond donors (Lipinski definition) is 0. The molecule has 7 heteroatoms. The third kappa shape index (κ3) is 2.82. The number of fused-ring (bicyclic) bond motifs is 6. The SMILES string of the molecule is CC(C)(C)C(=O)[C@@H]1[C@@H]2c3ccccc3OC(=O)[C@]12C(=O)[C@]12C(=O)Oc3ccccc3[C@H]1[C@@H]2C(=O)C(C)(C)C. The van der Waals surface area contributed by atoms with Gasteiger partial charge in [-0.15, -0.1) is 0 Å². The number of rotatable bonds is 4. The molecule has 2 aromatic carbocycles. The number of Topliss-reactive ketones (excluding diaryl/α,β-unsaturated/α-hetero) is 3. The van der Waals surface area contributed by atoms with Crippen LogP contribution in [0.3, 0.4) is 0 Å². The molecule has 6 atom stereocenters. The van der Waals surface area contributed by atoms with Crippen molar-refractivity contribution in [1.82, 2.24) is 0 Å². The van der Waals surface area contributed by atoms with Crippen LogP contribution < -0.4 is 9.47 Å². The molecule has 0 bridgehead atoms. The van der Waals surface area contributed by atoms with Gasteiger partial charge in [-0.1, -0.05) is 77.9 Å². The molecular weight excluding hydrogens is 484 g/mol. The molecule has 0 unspecified atom stereocenters. The third-order valence-corrected chi connectivity index (χ3v) is 8.79. The first-order valence-corrected chi connectivity index (χ1v) is 13.0. The van der Waals surface area contributed by atoms with Crippen LogP contribution in [0, 0.1) is 33.5 Å². The highest BCUT2D eigenvalue weighted by Gasteiger charge is 2.90. The molecule has 2 aliphatic heterocycles. The Labute approximate surface area is 220 Å². The summed E-state index contributed by atoms with van der Waals surface area (Å²) in [7, 11) is 0. The van der Waals surface area contributed by atoms with Crippen LogP contribution in [0.25, 0.3) is 0 Å². The first-order chi connectivity index (χ1) is 17.7. The third-order valence-electron chi connectivity index (χ3n) is 8.79. The van der Waals surface area contributed by atoms with Gasteiger partial charge in [0.05, 0.1) is 11.8 Å². The van der Waals surface area contributed by atoms with Crippen LogP contribution in [0.5, 0.6) is 11.5 Å². The van der Waals surface area contributed by atoms with Crippen molar-refractivity contribution in [2.75, 3.05) is 0 Å². The standard InChI is InChI=1S/C31H30O7/c1-28(2,3)23(32)21-19-15-11-7-9-13-17(15)37-26(35)30(19,21)25(34)31-20(22(31)24(33)29(4,5)6)16-12-8-10-14-18(16)38-27(31)36/h7-14,19-22H,1-6H3/t19-,20-,21-,22+,30-,31-/m0/s1. The fourth-order valence-corrected chi connectivity index (χ4v) is 6.90. The first-order valence-electron chi connectivity index (χ1n) is 13.0. The predicted octanol–water partition coefficient (Wildman–Crippen LogP) is 4.42. The quantitative estimate of drug-likeness (QED) is 0.338. The van der Waals surface area contributed by atoms with Crippen LogP contribution in [-0.2, 0) is 24.0 Å². The van der Waals surface area contributed by atoms with Gasteiger partial charge in [0.15, 0.2) is 5.78 Å². The number of para-hydroxylation sites is 2. The molecule has 0 saturated heterocycles. The second-order valence-electron chi connectivity index (χ2n) is 13.1. The monoisotopic (exact) mass is 514 g/mol. The zero-order valence-corrected chi connectivity index (χ0v) is 22.3. The van der Waals surface area contributed by atoms with Gasteiger partial charge in [-0.25, -0.2) is 0 Å². The Hall–Kier alpha value is -3.61. The maximum Gasteiger partial charge on any atom is 0.326 e. The minimum absolute atomic E-state index is 0.263. The molecule has 38 heavy (non-hydrogen) atoms. The highest BCUT2D eigenvalue weighted by molar-refractivity contribution is 6.28. The molecular formula is C31H30O7. The Balaban J connectivity index is 1.56. The van der Waals surface area contributed by atoms with Gasteiger partial charge in [0.2, 0.25) is 0 Å². The molecule has 2 saturated carbocycles. The lowest BCUT2D eigenvalue weighted by molar-refractivity contribution is -0.158. The fraction of sp³-hybridized carbons (Fsp3) is 0.452. The summed E-state index contributed by atoms with van der Waals surface area (Å²) in [6.45, 7) is 10.4. The number of carbonyl (C=O) groups is 5. The van der Waals surface area contributed by atoms with Crippen LogP contribution in [0.1, 0.15) is 64.5 Å². The summed E-state index contributed by atoms with van der Waals surface area (Å²) in [5.41, 5.74) is -4.33. The van der Waals surface area contributed by atoms with E-state index in [1.807, 2.05) is 0 Å². The van der Waals surface area contributed by atoms with E-state index < -0.39 is 63.1 Å². The van der Waals surface area contributed by atoms with E-state index in [1.165, 1.54) is 0 Å². The summed E-state index contributed by atoms with van der Waals surface area (Å²) in [6, 6.07) is 13.7. The second-order valence-corrected chi connectivity index (χ2v) is 13.1. The average Bonchev–Trinajstić information content (AvgIpc) is 3.73. The summed E-state index contributed by atoms with van der Waals surface area (Å²) in [5.74, 6) is -5.89. The van der Waals surface area contributed by atoms with E-state index in [-0.39, 0.29) is 11.6 Å². The fourth-order valence-electron chi connectivity index (χ4n) is 6.90. The molecule has 0 aromatic heterocycles. The second kappa shape index (κ2) is 7.28. The van der Waals surface area contributed by atoms with Crippen molar-refractivity contribution >= 4 is 29.3 Å². The molecule has 2 fully saturated rings. The van der Waals surface area contributed by atoms with Crippen molar-refractivity contribution in [3.05, 3.63) is 59.7 Å². The van der Waals surface area contributed by atoms with Crippen LogP contribution in [-0.4, -0.2) is 29.3 Å². The lowest BCUT2D eigenvalue weighted by Gasteiger charge is -2.29. The van der Waals surface area contributed by atoms with E-state index in [1.54, 1.807) is 90.1 Å². The Morgan fingerprint density at radius 3 is 1.32 bits per heavy atom. The maximum atomic E-state index is 14.9. The van der Waals surface area contributed by atoms with Gasteiger partial charge in [-0.3, -0.25) is 24.0 Å². The first kappa shape index (κ1) is 24.7. The van der Waals surface area contributed by atoms with Gasteiger partial charge >= 0.3 is 11.9 Å². The number of ketones is 3. The number of hydrogen-bond acceptors (Lipinski definition) is 7. The minimum Gasteiger partial charge on any atom is -0.425 e. The molecule has 6 rings (SSSR count). The number of ether oxygens (including phenoxy) is 2. The van der Waals surface area contributed by atoms with Gasteiger partial charge in [-0.05, 0) is 12.1 Å². The zero-order valence-electron chi connectivity index (χ0n) is 22.3. The highest BCUT2D eigenvalue weighted by Crippen LogP contribution is 2.79. The highest BCUT2D eigenvalue weighted by atomic mass is 16.5. The van der Waals surface area contributed by atoms with Crippen molar-refractivity contribution in [1.29, 1.82) is 0 Å². The van der Waals surface area contributed by atoms with Crippen molar-refractivity contribution in [2.24, 2.45) is 33.5 Å². The van der Waals surface area contributed by atoms with Crippen LogP contribution in [0.4, 0.5) is 0 Å². The topological polar surface area (TPSA) is 104 Å². The molecule has 2 aromatic rings. The van der Waals surface area contributed by atoms with Crippen molar-refractivity contribution < 1.29 is 33.4 Å². The van der Waals surface area contributed by atoms with Gasteiger partial charge in [0.1, 0.15) is 33.9 Å². The summed E-state index contributed by atoms with van der Waals surface area (Å²) >= 11 is 0. The van der Waals surface area contributed by atoms with Crippen molar-refractivity contribution in [3.63, 3.8) is 0 Å². The summed E-state index contributed by atoms with van der Waals surface area (Å²) in [5, 5.41) is 0. The van der Waals surface area contributed by atoms with E-state index in [4.69, 9.17) is 9.47 Å². The Morgan fingerprint density at radius 2 is 0.974 bits per heavy atom. The smallest absolute Gasteiger partial charge is 0.326 e. The van der Waals surface area contributed by atoms with E-state index in [9.17, 15) is 24.0 Å². The van der Waals surface area contributed by atoms with Gasteiger partial charge < -0.3 is 9.47 Å². The van der Waals surface area contributed by atoms with E-state index in [0.29, 0.717) is 22.6 Å². The average molecular weight is 515 g/mol. The Morgan fingerprint density at radius 1 is 0.632 bits per heavy atom. The summed E-state index contributed by atoms with van der Waals surface area (Å²) < 4.78 is 11.4. The summed E-state index contributed by atoms with van der Waals surface area (Å²) in [4.78, 5) is 70.0. The molecule has 2 aliphatic carbocycles. The number of esters is 2. The maximum absolute atomic E-state index is 14.9. The Bertz CT molecular complexity index is 1360. The van der Waals surface area contributed by atoms with Crippen LogP contribution in [0.15, 0.2) is 48.5 Å². The predicted molar refractivity (Wildman–Crippen MR) is 135 cm³/mol. The van der Waals surface area contributed by atoms with E-state index >= 15 is 0 Å². The van der Waals surface area contributed by atoms with E-state index in [2.05, 4.69) is 0 Å². The molecule has 4 aliphatic rings. The van der Waals surface area contributed by atoms with Gasteiger partial charge in [-0.2, -0.15) is 0 Å². The van der Waals surface area contributed by atoms with Gasteiger partial charge in [0, 0.05) is 33.8 Å². The molecule has 2 heterocycles. The zero-order chi connectivity index (χ0) is 27.6. The van der Waals surface area contributed by atoms with Crippen molar-refractivity contribution in [3.8, 4) is 11.5 Å². The number of benzene rings is 2. The lowest BCUT2D eigenvalue weighted by Crippen LogP contribution is -2.48. The summed E-state index contributed by atoms with van der Waals surface area (Å²) in [6.07, 6.45) is 0. The lowest BCUT2D eigenvalue weighted by atomic mass is 9.76. The molecule has 0 N–H and O–H groups in total. The molecule has 0 radical (unpaired) electrons. The normalized spacial score (nSPS) is 32.5. The Kier molecular flexibility index (Phi) is 4.73. The molecule has 196 valence electrons. The molecule has 0 amide bonds. The largest absolute Gasteiger partial charge is 0.425 e.